The molecule has 1 aliphatic heterocycles. The highest BCUT2D eigenvalue weighted by Crippen LogP contribution is 2.26. The number of hydrogen-bond acceptors (Lipinski definition) is 4. The summed E-state index contributed by atoms with van der Waals surface area (Å²) in [5.41, 5.74) is 8.17. The van der Waals surface area contributed by atoms with Crippen LogP contribution in [0.2, 0.25) is 0 Å². The first-order chi connectivity index (χ1) is 9.94. The molecule has 118 valence electrons. The molecule has 1 saturated heterocycles. The molecule has 0 amide bonds. The largest absolute Gasteiger partial charge is 0.377 e. The van der Waals surface area contributed by atoms with Crippen molar-refractivity contribution in [2.45, 2.75) is 58.6 Å². The molecule has 2 N–H and O–H groups in total. The third-order valence-corrected chi connectivity index (χ3v) is 3.98. The highest BCUT2D eigenvalue weighted by molar-refractivity contribution is 5.44. The fourth-order valence-corrected chi connectivity index (χ4v) is 2.75. The van der Waals surface area contributed by atoms with E-state index in [1.165, 1.54) is 0 Å². The molecule has 0 bridgehead atoms. The molecule has 2 rings (SSSR count). The van der Waals surface area contributed by atoms with E-state index in [9.17, 15) is 0 Å². The van der Waals surface area contributed by atoms with E-state index in [4.69, 9.17) is 15.5 Å². The first kappa shape index (κ1) is 16.2. The van der Waals surface area contributed by atoms with Gasteiger partial charge in [0.2, 0.25) is 0 Å². The zero-order chi connectivity index (χ0) is 15.5. The molecule has 1 unspecified atom stereocenters. The number of anilines is 1. The first-order valence-electron chi connectivity index (χ1n) is 8.02. The number of rotatable bonds is 4. The van der Waals surface area contributed by atoms with Crippen LogP contribution in [-0.2, 0) is 16.7 Å². The lowest BCUT2D eigenvalue weighted by molar-refractivity contribution is 0.0525. The normalized spacial score (nSPS) is 19.9. The molecule has 1 aromatic heterocycles. The summed E-state index contributed by atoms with van der Waals surface area (Å²) < 4.78 is 5.79. The summed E-state index contributed by atoms with van der Waals surface area (Å²) in [4.78, 5) is 7.23. The van der Waals surface area contributed by atoms with E-state index in [0.717, 1.165) is 49.6 Å². The smallest absolute Gasteiger partial charge is 0.129 e. The second-order valence-corrected chi connectivity index (χ2v) is 6.84. The maximum absolute atomic E-state index is 5.86. The molecule has 1 aliphatic rings. The van der Waals surface area contributed by atoms with Gasteiger partial charge in [0.1, 0.15) is 5.82 Å². The fraction of sp³-hybridized carbons (Fsp3) is 0.706. The second-order valence-electron chi connectivity index (χ2n) is 6.84. The molecule has 0 aliphatic carbocycles. The highest BCUT2D eigenvalue weighted by atomic mass is 16.5. The molecule has 21 heavy (non-hydrogen) atoms. The third kappa shape index (κ3) is 4.17. The summed E-state index contributed by atoms with van der Waals surface area (Å²) >= 11 is 0. The number of nitrogens with zero attached hydrogens (tertiary/aromatic N) is 2. The fourth-order valence-electron chi connectivity index (χ4n) is 2.75. The topological polar surface area (TPSA) is 51.4 Å². The Bertz CT molecular complexity index is 466. The van der Waals surface area contributed by atoms with Gasteiger partial charge in [-0.3, -0.25) is 0 Å². The summed E-state index contributed by atoms with van der Waals surface area (Å²) in [7, 11) is 0. The van der Waals surface area contributed by atoms with Crippen LogP contribution in [0.5, 0.6) is 0 Å². The Morgan fingerprint density at radius 3 is 2.76 bits per heavy atom. The predicted octanol–water partition coefficient (Wildman–Crippen LogP) is 2.84. The van der Waals surface area contributed by atoms with Crippen LogP contribution >= 0.6 is 0 Å². The van der Waals surface area contributed by atoms with Gasteiger partial charge in [0.05, 0.1) is 6.10 Å². The monoisotopic (exact) mass is 291 g/mol. The van der Waals surface area contributed by atoms with Crippen LogP contribution in [0, 0.1) is 0 Å². The summed E-state index contributed by atoms with van der Waals surface area (Å²) in [6.45, 7) is 12.0. The number of aromatic nitrogens is 1. The molecule has 4 nitrogen and oxygen atoms in total. The van der Waals surface area contributed by atoms with Crippen molar-refractivity contribution in [3.05, 3.63) is 23.4 Å². The van der Waals surface area contributed by atoms with Gasteiger partial charge in [-0.2, -0.15) is 0 Å². The lowest BCUT2D eigenvalue weighted by Crippen LogP contribution is -2.40. The van der Waals surface area contributed by atoms with Gasteiger partial charge in [-0.1, -0.05) is 20.8 Å². The summed E-state index contributed by atoms with van der Waals surface area (Å²) in [6, 6.07) is 4.26. The van der Waals surface area contributed by atoms with Gasteiger partial charge in [-0.15, -0.1) is 0 Å². The van der Waals surface area contributed by atoms with Crippen LogP contribution in [0.15, 0.2) is 12.1 Å². The minimum atomic E-state index is 0.0367. The maximum Gasteiger partial charge on any atom is 0.129 e. The van der Waals surface area contributed by atoms with Gasteiger partial charge in [0, 0.05) is 37.4 Å². The van der Waals surface area contributed by atoms with E-state index in [2.05, 4.69) is 44.7 Å². The molecule has 0 saturated carbocycles. The summed E-state index contributed by atoms with van der Waals surface area (Å²) in [6.07, 6.45) is 2.63. The molecular formula is C17H29N3O. The van der Waals surface area contributed by atoms with Crippen LogP contribution in [-0.4, -0.2) is 30.8 Å². The zero-order valence-corrected chi connectivity index (χ0v) is 13.9. The van der Waals surface area contributed by atoms with Crippen LogP contribution in [0.4, 0.5) is 5.82 Å². The average Bonchev–Trinajstić information content (AvgIpc) is 2.46. The minimum absolute atomic E-state index is 0.0367. The Morgan fingerprint density at radius 1 is 1.38 bits per heavy atom. The van der Waals surface area contributed by atoms with E-state index < -0.39 is 0 Å². The van der Waals surface area contributed by atoms with E-state index in [1.807, 2.05) is 0 Å². The van der Waals surface area contributed by atoms with Crippen molar-refractivity contribution in [1.82, 2.24) is 4.98 Å². The molecule has 0 radical (unpaired) electrons. The van der Waals surface area contributed by atoms with Gasteiger partial charge < -0.3 is 15.4 Å². The van der Waals surface area contributed by atoms with Gasteiger partial charge in [-0.25, -0.2) is 4.98 Å². The van der Waals surface area contributed by atoms with Crippen molar-refractivity contribution in [1.29, 1.82) is 0 Å². The van der Waals surface area contributed by atoms with Crippen molar-refractivity contribution in [2.24, 2.45) is 5.73 Å². The van der Waals surface area contributed by atoms with E-state index in [-0.39, 0.29) is 5.41 Å². The van der Waals surface area contributed by atoms with E-state index in [0.29, 0.717) is 12.6 Å². The Labute approximate surface area is 128 Å². The lowest BCUT2D eigenvalue weighted by atomic mass is 9.90. The van der Waals surface area contributed by atoms with Crippen molar-refractivity contribution in [2.75, 3.05) is 24.6 Å². The zero-order valence-electron chi connectivity index (χ0n) is 13.9. The lowest BCUT2D eigenvalue weighted by Gasteiger charge is -2.34. The summed E-state index contributed by atoms with van der Waals surface area (Å²) in [5.74, 6) is 1.05. The number of ether oxygens (including phenoxy) is 1. The molecule has 2 heterocycles. The van der Waals surface area contributed by atoms with Crippen LogP contribution in [0.25, 0.3) is 0 Å². The van der Waals surface area contributed by atoms with Crippen LogP contribution < -0.4 is 10.6 Å². The van der Waals surface area contributed by atoms with Crippen molar-refractivity contribution < 1.29 is 4.74 Å². The Hall–Kier alpha value is -1.13. The van der Waals surface area contributed by atoms with Crippen molar-refractivity contribution in [3.8, 4) is 0 Å². The molecule has 1 aromatic rings. The molecule has 1 fully saturated rings. The van der Waals surface area contributed by atoms with Gasteiger partial charge >= 0.3 is 0 Å². The van der Waals surface area contributed by atoms with Crippen LogP contribution in [0.1, 0.15) is 51.8 Å². The SMILES string of the molecule is CCOC1CCCN(c2cc(CN)cc(C(C)(C)C)n2)C1. The molecule has 1 atom stereocenters. The standard InChI is InChI=1S/C17H29N3O/c1-5-21-14-7-6-8-20(12-14)16-10-13(11-18)9-15(19-16)17(2,3)4/h9-10,14H,5-8,11-12,18H2,1-4H3. The number of pyridine rings is 1. The quantitative estimate of drug-likeness (QED) is 0.927. The van der Waals surface area contributed by atoms with Gasteiger partial charge in [0.15, 0.2) is 0 Å². The highest BCUT2D eigenvalue weighted by Gasteiger charge is 2.23. The second kappa shape index (κ2) is 6.75. The predicted molar refractivity (Wildman–Crippen MR) is 87.7 cm³/mol. The third-order valence-electron chi connectivity index (χ3n) is 3.98. The number of nitrogens with two attached hydrogens (primary N) is 1. The minimum Gasteiger partial charge on any atom is -0.377 e. The van der Waals surface area contributed by atoms with E-state index in [1.54, 1.807) is 0 Å². The van der Waals surface area contributed by atoms with Crippen LogP contribution in [0.3, 0.4) is 0 Å². The Morgan fingerprint density at radius 2 is 2.14 bits per heavy atom. The molecule has 0 aromatic carbocycles. The maximum atomic E-state index is 5.86. The molecule has 0 spiro atoms. The van der Waals surface area contributed by atoms with E-state index >= 15 is 0 Å². The number of hydrogen-bond donors (Lipinski definition) is 1. The summed E-state index contributed by atoms with van der Waals surface area (Å²) in [5, 5.41) is 0. The number of piperidine rings is 1. The van der Waals surface area contributed by atoms with Gasteiger partial charge in [-0.05, 0) is 37.5 Å². The molecule has 4 heteroatoms. The average molecular weight is 291 g/mol. The molecular weight excluding hydrogens is 262 g/mol. The van der Waals surface area contributed by atoms with Crippen molar-refractivity contribution >= 4 is 5.82 Å². The van der Waals surface area contributed by atoms with Gasteiger partial charge in [0.25, 0.3) is 0 Å². The van der Waals surface area contributed by atoms with Crippen molar-refractivity contribution in [3.63, 3.8) is 0 Å². The first-order valence-corrected chi connectivity index (χ1v) is 8.02. The Balaban J connectivity index is 2.25. The Kier molecular flexibility index (Phi) is 5.22.